The molecule has 0 aromatic carbocycles. The molecule has 0 saturated carbocycles. The second kappa shape index (κ2) is 3.61. The van der Waals surface area contributed by atoms with Gasteiger partial charge in [0.05, 0.1) is 18.9 Å². The maximum Gasteiger partial charge on any atom is 0.0693 e. The zero-order valence-corrected chi connectivity index (χ0v) is 6.58. The fourth-order valence-corrected chi connectivity index (χ4v) is 0.811. The highest BCUT2D eigenvalue weighted by molar-refractivity contribution is 9.09. The minimum absolute atomic E-state index is 0.901. The highest BCUT2D eigenvalue weighted by Crippen LogP contribution is 1.89. The Kier molecular flexibility index (Phi) is 2.70. The molecule has 1 aromatic rings. The van der Waals surface area contributed by atoms with Gasteiger partial charge in [0.25, 0.3) is 0 Å². The minimum atomic E-state index is 0.901. The summed E-state index contributed by atoms with van der Waals surface area (Å²) >= 11 is 3.33. The number of alkyl halides is 1. The zero-order chi connectivity index (χ0) is 6.53. The van der Waals surface area contributed by atoms with Crippen LogP contribution in [0.3, 0.4) is 0 Å². The van der Waals surface area contributed by atoms with E-state index in [1.165, 1.54) is 0 Å². The number of hydrogen-bond donors (Lipinski definition) is 0. The van der Waals surface area contributed by atoms with Crippen molar-refractivity contribution < 1.29 is 0 Å². The topological polar surface area (TPSA) is 30.7 Å². The number of aromatic nitrogens is 3. The number of rotatable bonds is 3. The van der Waals surface area contributed by atoms with Crippen molar-refractivity contribution in [2.24, 2.45) is 0 Å². The van der Waals surface area contributed by atoms with Crippen molar-refractivity contribution in [3.63, 3.8) is 0 Å². The monoisotopic (exact) mass is 189 g/mol. The van der Waals surface area contributed by atoms with Crippen LogP contribution in [-0.4, -0.2) is 20.3 Å². The summed E-state index contributed by atoms with van der Waals surface area (Å²) in [5.74, 6) is 0. The molecule has 0 atom stereocenters. The molecule has 3 nitrogen and oxygen atoms in total. The summed E-state index contributed by atoms with van der Waals surface area (Å²) in [5.41, 5.74) is 0. The standard InChI is InChI=1S/C5H8BrN3/c6-2-1-5-9-7-3-4-8-9/h3-4H,1-2,5H2. The molecule has 1 heterocycles. The Labute approximate surface area is 62.2 Å². The molecule has 4 heteroatoms. The Morgan fingerprint density at radius 3 is 2.56 bits per heavy atom. The number of hydrogen-bond acceptors (Lipinski definition) is 2. The first-order chi connectivity index (χ1) is 4.43. The predicted molar refractivity (Wildman–Crippen MR) is 38.4 cm³/mol. The van der Waals surface area contributed by atoms with Crippen LogP contribution in [0, 0.1) is 0 Å². The molecule has 0 N–H and O–H groups in total. The fraction of sp³-hybridized carbons (Fsp3) is 0.600. The molecule has 0 aliphatic carbocycles. The molecule has 0 spiro atoms. The molecule has 50 valence electrons. The maximum atomic E-state index is 3.94. The van der Waals surface area contributed by atoms with Crippen molar-refractivity contribution in [2.45, 2.75) is 13.0 Å². The van der Waals surface area contributed by atoms with Gasteiger partial charge >= 0.3 is 0 Å². The zero-order valence-electron chi connectivity index (χ0n) is 5.00. The largest absolute Gasteiger partial charge is 0.185 e. The third kappa shape index (κ3) is 2.13. The van der Waals surface area contributed by atoms with Gasteiger partial charge in [-0.15, -0.1) is 0 Å². The molecule has 0 unspecified atom stereocenters. The quantitative estimate of drug-likeness (QED) is 0.667. The maximum absolute atomic E-state index is 3.94. The Bertz CT molecular complexity index is 149. The normalized spacial score (nSPS) is 9.89. The lowest BCUT2D eigenvalue weighted by atomic mass is 10.5. The van der Waals surface area contributed by atoms with E-state index >= 15 is 0 Å². The van der Waals surface area contributed by atoms with E-state index in [-0.39, 0.29) is 0 Å². The Morgan fingerprint density at radius 1 is 1.33 bits per heavy atom. The Morgan fingerprint density at radius 2 is 2.00 bits per heavy atom. The van der Waals surface area contributed by atoms with Crippen molar-refractivity contribution in [1.82, 2.24) is 15.0 Å². The first-order valence-electron chi connectivity index (χ1n) is 2.83. The summed E-state index contributed by atoms with van der Waals surface area (Å²) in [4.78, 5) is 1.68. The molecule has 1 aromatic heterocycles. The molecule has 0 aliphatic heterocycles. The van der Waals surface area contributed by atoms with Gasteiger partial charge in [0.2, 0.25) is 0 Å². The van der Waals surface area contributed by atoms with E-state index in [9.17, 15) is 0 Å². The van der Waals surface area contributed by atoms with Crippen molar-refractivity contribution >= 4 is 15.9 Å². The average Bonchev–Trinajstić information content (AvgIpc) is 2.34. The van der Waals surface area contributed by atoms with Gasteiger partial charge in [-0.1, -0.05) is 15.9 Å². The van der Waals surface area contributed by atoms with Crippen LogP contribution in [0.25, 0.3) is 0 Å². The van der Waals surface area contributed by atoms with Gasteiger partial charge in [0.1, 0.15) is 0 Å². The molecule has 9 heavy (non-hydrogen) atoms. The molecule has 0 radical (unpaired) electrons. The number of aryl methyl sites for hydroxylation is 1. The van der Waals surface area contributed by atoms with Crippen LogP contribution < -0.4 is 0 Å². The van der Waals surface area contributed by atoms with E-state index in [4.69, 9.17) is 0 Å². The SMILES string of the molecule is BrCCCn1nccn1. The van der Waals surface area contributed by atoms with Gasteiger partial charge in [0.15, 0.2) is 0 Å². The first-order valence-corrected chi connectivity index (χ1v) is 3.95. The van der Waals surface area contributed by atoms with Gasteiger partial charge in [-0.2, -0.15) is 15.0 Å². The molecule has 0 fully saturated rings. The summed E-state index contributed by atoms with van der Waals surface area (Å²) in [7, 11) is 0. The van der Waals surface area contributed by atoms with E-state index in [1.54, 1.807) is 17.2 Å². The lowest BCUT2D eigenvalue weighted by Crippen LogP contribution is -2.01. The summed E-state index contributed by atoms with van der Waals surface area (Å²) < 4.78 is 0. The summed E-state index contributed by atoms with van der Waals surface area (Å²) in [6.07, 6.45) is 4.46. The summed E-state index contributed by atoms with van der Waals surface area (Å²) in [6.45, 7) is 0.901. The van der Waals surface area contributed by atoms with Crippen LogP contribution in [0.15, 0.2) is 12.4 Å². The van der Waals surface area contributed by atoms with Crippen molar-refractivity contribution in [3.05, 3.63) is 12.4 Å². The van der Waals surface area contributed by atoms with Gasteiger partial charge in [-0.3, -0.25) is 0 Å². The summed E-state index contributed by atoms with van der Waals surface area (Å²) in [5, 5.41) is 8.89. The van der Waals surface area contributed by atoms with Gasteiger partial charge in [-0.05, 0) is 6.42 Å². The van der Waals surface area contributed by atoms with Gasteiger partial charge in [-0.25, -0.2) is 0 Å². The first kappa shape index (κ1) is 6.74. The molecule has 0 bridgehead atoms. The van der Waals surface area contributed by atoms with E-state index in [0.717, 1.165) is 18.3 Å². The second-order valence-electron chi connectivity index (χ2n) is 1.67. The lowest BCUT2D eigenvalue weighted by molar-refractivity contribution is 0.532. The van der Waals surface area contributed by atoms with Crippen molar-refractivity contribution in [3.8, 4) is 0 Å². The molecular formula is C5H8BrN3. The third-order valence-corrected chi connectivity index (χ3v) is 1.52. The van der Waals surface area contributed by atoms with Gasteiger partial charge in [0, 0.05) is 5.33 Å². The predicted octanol–water partition coefficient (Wildman–Crippen LogP) is 1.06. The smallest absolute Gasteiger partial charge is 0.0693 e. The van der Waals surface area contributed by atoms with Crippen LogP contribution in [0.5, 0.6) is 0 Å². The minimum Gasteiger partial charge on any atom is -0.185 e. The van der Waals surface area contributed by atoms with E-state index in [2.05, 4.69) is 26.1 Å². The Balaban J connectivity index is 2.30. The second-order valence-corrected chi connectivity index (χ2v) is 2.46. The van der Waals surface area contributed by atoms with E-state index in [0.29, 0.717) is 0 Å². The Hall–Kier alpha value is -0.380. The van der Waals surface area contributed by atoms with Crippen LogP contribution in [0.1, 0.15) is 6.42 Å². The highest BCUT2D eigenvalue weighted by Gasteiger charge is 1.87. The van der Waals surface area contributed by atoms with E-state index in [1.807, 2.05) is 0 Å². The number of halogens is 1. The van der Waals surface area contributed by atoms with Crippen LogP contribution in [-0.2, 0) is 6.54 Å². The average molecular weight is 190 g/mol. The lowest BCUT2D eigenvalue weighted by Gasteiger charge is -1.93. The third-order valence-electron chi connectivity index (χ3n) is 0.958. The molecule has 0 saturated heterocycles. The molecular weight excluding hydrogens is 182 g/mol. The highest BCUT2D eigenvalue weighted by atomic mass is 79.9. The van der Waals surface area contributed by atoms with Crippen LogP contribution in [0.2, 0.25) is 0 Å². The van der Waals surface area contributed by atoms with Crippen molar-refractivity contribution in [2.75, 3.05) is 5.33 Å². The fourth-order valence-electron chi connectivity index (χ4n) is 0.560. The van der Waals surface area contributed by atoms with E-state index < -0.39 is 0 Å². The van der Waals surface area contributed by atoms with Crippen LogP contribution in [0.4, 0.5) is 0 Å². The van der Waals surface area contributed by atoms with Gasteiger partial charge < -0.3 is 0 Å². The molecule has 0 amide bonds. The summed E-state index contributed by atoms with van der Waals surface area (Å²) in [6, 6.07) is 0. The van der Waals surface area contributed by atoms with Crippen LogP contribution >= 0.6 is 15.9 Å². The molecule has 0 aliphatic rings. The number of nitrogens with zero attached hydrogens (tertiary/aromatic N) is 3. The van der Waals surface area contributed by atoms with Crippen molar-refractivity contribution in [1.29, 1.82) is 0 Å². The molecule has 1 rings (SSSR count).